The summed E-state index contributed by atoms with van der Waals surface area (Å²) in [5.74, 6) is 2.27. The molecular formula is C17H25N3O2. The summed E-state index contributed by atoms with van der Waals surface area (Å²) in [4.78, 5) is 6.65. The maximum atomic E-state index is 5.71. The van der Waals surface area contributed by atoms with Gasteiger partial charge in [-0.15, -0.1) is 0 Å². The average Bonchev–Trinajstić information content (AvgIpc) is 2.97. The molecule has 0 saturated heterocycles. The zero-order chi connectivity index (χ0) is 16.2. The van der Waals surface area contributed by atoms with Gasteiger partial charge in [0.05, 0.1) is 6.04 Å². The van der Waals surface area contributed by atoms with Gasteiger partial charge in [0.15, 0.2) is 5.82 Å². The monoisotopic (exact) mass is 303 g/mol. The van der Waals surface area contributed by atoms with Crippen molar-refractivity contribution in [2.75, 3.05) is 20.2 Å². The molecule has 5 heteroatoms. The summed E-state index contributed by atoms with van der Waals surface area (Å²) in [5, 5.41) is 4.07. The molecule has 0 unspecified atom stereocenters. The molecule has 0 fully saturated rings. The Morgan fingerprint density at radius 3 is 2.50 bits per heavy atom. The molecule has 0 aliphatic heterocycles. The Morgan fingerprint density at radius 2 is 1.91 bits per heavy atom. The summed E-state index contributed by atoms with van der Waals surface area (Å²) in [5.41, 5.74) is -0.101. The van der Waals surface area contributed by atoms with Crippen molar-refractivity contribution in [3.05, 3.63) is 42.0 Å². The van der Waals surface area contributed by atoms with Crippen molar-refractivity contribution in [2.24, 2.45) is 0 Å². The number of para-hydroxylation sites is 1. The van der Waals surface area contributed by atoms with Gasteiger partial charge in [-0.1, -0.05) is 44.1 Å². The molecule has 0 bridgehead atoms. The van der Waals surface area contributed by atoms with Gasteiger partial charge in [0.2, 0.25) is 5.89 Å². The number of ether oxygens (including phenoxy) is 1. The van der Waals surface area contributed by atoms with Gasteiger partial charge in [-0.25, -0.2) is 0 Å². The van der Waals surface area contributed by atoms with E-state index >= 15 is 0 Å². The van der Waals surface area contributed by atoms with E-state index in [1.165, 1.54) is 0 Å². The van der Waals surface area contributed by atoms with Crippen molar-refractivity contribution in [1.29, 1.82) is 0 Å². The molecule has 0 aliphatic carbocycles. The summed E-state index contributed by atoms with van der Waals surface area (Å²) >= 11 is 0. The molecule has 1 aromatic carbocycles. The number of aromatic nitrogens is 2. The molecule has 0 amide bonds. The van der Waals surface area contributed by atoms with Crippen LogP contribution in [0.3, 0.4) is 0 Å². The van der Waals surface area contributed by atoms with E-state index in [2.05, 4.69) is 42.7 Å². The van der Waals surface area contributed by atoms with Crippen molar-refractivity contribution in [3.63, 3.8) is 0 Å². The van der Waals surface area contributed by atoms with Gasteiger partial charge >= 0.3 is 0 Å². The van der Waals surface area contributed by atoms with Crippen LogP contribution in [0, 0.1) is 0 Å². The second-order valence-electron chi connectivity index (χ2n) is 6.52. The molecule has 1 heterocycles. The number of nitrogens with zero attached hydrogens (tertiary/aromatic N) is 3. The van der Waals surface area contributed by atoms with Gasteiger partial charge in [0, 0.05) is 12.0 Å². The highest BCUT2D eigenvalue weighted by atomic mass is 16.5. The van der Waals surface area contributed by atoms with Gasteiger partial charge in [0.25, 0.3) is 0 Å². The van der Waals surface area contributed by atoms with Crippen molar-refractivity contribution in [3.8, 4) is 5.75 Å². The second kappa shape index (κ2) is 6.92. The highest BCUT2D eigenvalue weighted by Gasteiger charge is 2.24. The SMILES string of the molecule is C[C@@H](c1nc(C(C)(C)C)no1)N(C)CCOc1ccccc1. The van der Waals surface area contributed by atoms with Gasteiger partial charge < -0.3 is 9.26 Å². The van der Waals surface area contributed by atoms with Crippen LogP contribution >= 0.6 is 0 Å². The summed E-state index contributed by atoms with van der Waals surface area (Å²) in [6.45, 7) is 9.67. The van der Waals surface area contributed by atoms with E-state index in [1.807, 2.05) is 37.4 Å². The molecule has 2 rings (SSSR count). The summed E-state index contributed by atoms with van der Waals surface area (Å²) in [7, 11) is 2.03. The molecule has 1 aromatic heterocycles. The van der Waals surface area contributed by atoms with Crippen molar-refractivity contribution >= 4 is 0 Å². The normalized spacial score (nSPS) is 13.4. The largest absolute Gasteiger partial charge is 0.492 e. The quantitative estimate of drug-likeness (QED) is 0.818. The minimum Gasteiger partial charge on any atom is -0.492 e. The topological polar surface area (TPSA) is 51.4 Å². The number of benzene rings is 1. The Labute approximate surface area is 132 Å². The predicted molar refractivity (Wildman–Crippen MR) is 86.0 cm³/mol. The molecule has 0 saturated carbocycles. The van der Waals surface area contributed by atoms with Gasteiger partial charge in [-0.3, -0.25) is 4.90 Å². The lowest BCUT2D eigenvalue weighted by Crippen LogP contribution is -2.27. The standard InChI is InChI=1S/C17H25N3O2/c1-13(15-18-16(19-22-15)17(2,3)4)20(5)11-12-21-14-9-7-6-8-10-14/h6-10,13H,11-12H2,1-5H3/t13-/m0/s1. The summed E-state index contributed by atoms with van der Waals surface area (Å²) in [6, 6.07) is 9.88. The van der Waals surface area contributed by atoms with Crippen LogP contribution < -0.4 is 4.74 Å². The fourth-order valence-corrected chi connectivity index (χ4v) is 1.92. The van der Waals surface area contributed by atoms with Crippen LogP contribution in [0.2, 0.25) is 0 Å². The van der Waals surface area contributed by atoms with E-state index in [1.54, 1.807) is 0 Å². The first kappa shape index (κ1) is 16.5. The second-order valence-corrected chi connectivity index (χ2v) is 6.52. The third-order valence-electron chi connectivity index (χ3n) is 3.59. The van der Waals surface area contributed by atoms with E-state index in [0.29, 0.717) is 12.5 Å². The minimum atomic E-state index is -0.101. The Hall–Kier alpha value is -1.88. The smallest absolute Gasteiger partial charge is 0.243 e. The molecule has 0 radical (unpaired) electrons. The maximum Gasteiger partial charge on any atom is 0.243 e. The first-order valence-electron chi connectivity index (χ1n) is 7.60. The molecule has 0 N–H and O–H groups in total. The molecule has 2 aromatic rings. The van der Waals surface area contributed by atoms with E-state index in [-0.39, 0.29) is 11.5 Å². The highest BCUT2D eigenvalue weighted by Crippen LogP contribution is 2.22. The maximum absolute atomic E-state index is 5.71. The van der Waals surface area contributed by atoms with Crippen LogP contribution in [0.4, 0.5) is 0 Å². The van der Waals surface area contributed by atoms with E-state index in [9.17, 15) is 0 Å². The predicted octanol–water partition coefficient (Wildman–Crippen LogP) is 3.44. The zero-order valence-corrected chi connectivity index (χ0v) is 14.0. The number of rotatable bonds is 6. The number of hydrogen-bond donors (Lipinski definition) is 0. The first-order chi connectivity index (χ1) is 10.4. The molecule has 120 valence electrons. The Kier molecular flexibility index (Phi) is 5.19. The Morgan fingerprint density at radius 1 is 1.23 bits per heavy atom. The van der Waals surface area contributed by atoms with Crippen molar-refractivity contribution in [2.45, 2.75) is 39.2 Å². The van der Waals surface area contributed by atoms with E-state index in [0.717, 1.165) is 18.1 Å². The molecule has 0 aliphatic rings. The first-order valence-corrected chi connectivity index (χ1v) is 7.60. The highest BCUT2D eigenvalue weighted by molar-refractivity contribution is 5.20. The van der Waals surface area contributed by atoms with Crippen LogP contribution in [-0.2, 0) is 5.41 Å². The lowest BCUT2D eigenvalue weighted by Gasteiger charge is -2.21. The fourth-order valence-electron chi connectivity index (χ4n) is 1.92. The number of hydrogen-bond acceptors (Lipinski definition) is 5. The molecule has 22 heavy (non-hydrogen) atoms. The number of likely N-dealkylation sites (N-methyl/N-ethyl adjacent to an activating group) is 1. The van der Waals surface area contributed by atoms with Crippen LogP contribution in [-0.4, -0.2) is 35.2 Å². The fraction of sp³-hybridized carbons (Fsp3) is 0.529. The van der Waals surface area contributed by atoms with Crippen LogP contribution in [0.15, 0.2) is 34.9 Å². The molecular weight excluding hydrogens is 278 g/mol. The van der Waals surface area contributed by atoms with Crippen molar-refractivity contribution < 1.29 is 9.26 Å². The zero-order valence-electron chi connectivity index (χ0n) is 14.0. The van der Waals surface area contributed by atoms with Crippen LogP contribution in [0.5, 0.6) is 5.75 Å². The minimum absolute atomic E-state index is 0.0583. The van der Waals surface area contributed by atoms with Crippen LogP contribution in [0.1, 0.15) is 45.5 Å². The third-order valence-corrected chi connectivity index (χ3v) is 3.59. The van der Waals surface area contributed by atoms with Crippen LogP contribution in [0.25, 0.3) is 0 Å². The summed E-state index contributed by atoms with van der Waals surface area (Å²) in [6.07, 6.45) is 0. The van der Waals surface area contributed by atoms with Gasteiger partial charge in [0.1, 0.15) is 12.4 Å². The molecule has 0 spiro atoms. The van der Waals surface area contributed by atoms with E-state index in [4.69, 9.17) is 9.26 Å². The Bertz CT molecular complexity index is 575. The summed E-state index contributed by atoms with van der Waals surface area (Å²) < 4.78 is 11.1. The third kappa shape index (κ3) is 4.31. The van der Waals surface area contributed by atoms with Gasteiger partial charge in [-0.05, 0) is 26.1 Å². The van der Waals surface area contributed by atoms with E-state index < -0.39 is 0 Å². The molecule has 1 atom stereocenters. The Balaban J connectivity index is 1.86. The molecule has 5 nitrogen and oxygen atoms in total. The lowest BCUT2D eigenvalue weighted by molar-refractivity contribution is 0.173. The van der Waals surface area contributed by atoms with Gasteiger partial charge in [-0.2, -0.15) is 4.98 Å². The lowest BCUT2D eigenvalue weighted by atomic mass is 9.96. The van der Waals surface area contributed by atoms with Crippen molar-refractivity contribution in [1.82, 2.24) is 15.0 Å². The average molecular weight is 303 g/mol.